The second-order valence-electron chi connectivity index (χ2n) is 4.82. The average Bonchev–Trinajstić information content (AvgIpc) is 3.07. The van der Waals surface area contributed by atoms with E-state index in [-0.39, 0.29) is 18.5 Å². The molecule has 5 heteroatoms. The monoisotopic (exact) mass is 264 g/mol. The van der Waals surface area contributed by atoms with Crippen LogP contribution in [0.4, 0.5) is 10.5 Å². The molecule has 1 aromatic rings. The Balaban J connectivity index is 1.83. The number of carbonyl (C=O) groups is 2. The van der Waals surface area contributed by atoms with Crippen molar-refractivity contribution >= 4 is 29.2 Å². The fourth-order valence-corrected chi connectivity index (χ4v) is 2.36. The van der Waals surface area contributed by atoms with Crippen molar-refractivity contribution in [1.82, 2.24) is 4.90 Å². The van der Waals surface area contributed by atoms with Crippen LogP contribution in [0.2, 0.25) is 5.02 Å². The molecule has 3 rings (SSSR count). The number of imide groups is 1. The minimum Gasteiger partial charge on any atom is -0.314 e. The summed E-state index contributed by atoms with van der Waals surface area (Å²) in [5.74, 6) is 0.406. The van der Waals surface area contributed by atoms with Gasteiger partial charge in [-0.3, -0.25) is 4.79 Å². The van der Waals surface area contributed by atoms with E-state index in [0.29, 0.717) is 23.2 Å². The van der Waals surface area contributed by atoms with E-state index in [4.69, 9.17) is 11.6 Å². The predicted octanol–water partition coefficient (Wildman–Crippen LogP) is 2.52. The third-order valence-electron chi connectivity index (χ3n) is 3.28. The maximum atomic E-state index is 12.2. The van der Waals surface area contributed by atoms with E-state index in [2.05, 4.69) is 0 Å². The van der Waals surface area contributed by atoms with Gasteiger partial charge < -0.3 is 4.90 Å². The fourth-order valence-electron chi connectivity index (χ4n) is 2.17. The second kappa shape index (κ2) is 4.28. The van der Waals surface area contributed by atoms with Crippen LogP contribution < -0.4 is 4.90 Å². The molecule has 3 amide bonds. The summed E-state index contributed by atoms with van der Waals surface area (Å²) < 4.78 is 0. The van der Waals surface area contributed by atoms with Crippen molar-refractivity contribution < 1.29 is 9.59 Å². The van der Waals surface area contributed by atoms with Crippen LogP contribution in [0.1, 0.15) is 12.8 Å². The summed E-state index contributed by atoms with van der Waals surface area (Å²) in [6.45, 7) is 0.878. The van der Waals surface area contributed by atoms with Crippen LogP contribution in [-0.2, 0) is 4.79 Å². The first kappa shape index (κ1) is 11.5. The summed E-state index contributed by atoms with van der Waals surface area (Å²) in [5.41, 5.74) is 0.552. The largest absolute Gasteiger partial charge is 0.331 e. The Morgan fingerprint density at radius 1 is 1.28 bits per heavy atom. The molecule has 1 saturated heterocycles. The number of amides is 3. The molecule has 18 heavy (non-hydrogen) atoms. The molecule has 0 unspecified atom stereocenters. The highest BCUT2D eigenvalue weighted by molar-refractivity contribution is 6.31. The zero-order chi connectivity index (χ0) is 12.7. The number of nitrogens with zero attached hydrogens (tertiary/aromatic N) is 2. The Hall–Kier alpha value is -1.55. The number of halogens is 1. The summed E-state index contributed by atoms with van der Waals surface area (Å²) in [5, 5.41) is 0.522. The summed E-state index contributed by atoms with van der Waals surface area (Å²) in [4.78, 5) is 27.0. The van der Waals surface area contributed by atoms with Crippen molar-refractivity contribution in [2.45, 2.75) is 12.8 Å². The summed E-state index contributed by atoms with van der Waals surface area (Å²) in [6.07, 6.45) is 2.32. The number of hydrogen-bond donors (Lipinski definition) is 0. The third-order valence-corrected chi connectivity index (χ3v) is 3.51. The van der Waals surface area contributed by atoms with Gasteiger partial charge in [0.25, 0.3) is 5.91 Å². The lowest BCUT2D eigenvalue weighted by atomic mass is 10.3. The number of anilines is 1. The van der Waals surface area contributed by atoms with Crippen LogP contribution in [0.25, 0.3) is 0 Å². The Kier molecular flexibility index (Phi) is 2.74. The molecule has 0 bridgehead atoms. The molecule has 4 nitrogen and oxygen atoms in total. The van der Waals surface area contributed by atoms with E-state index in [9.17, 15) is 9.59 Å². The van der Waals surface area contributed by atoms with E-state index in [0.717, 1.165) is 12.8 Å². The van der Waals surface area contributed by atoms with Crippen molar-refractivity contribution in [1.29, 1.82) is 0 Å². The van der Waals surface area contributed by atoms with Gasteiger partial charge in [0.2, 0.25) is 0 Å². The van der Waals surface area contributed by atoms with Gasteiger partial charge in [0.15, 0.2) is 0 Å². The highest BCUT2D eigenvalue weighted by Crippen LogP contribution is 2.32. The number of urea groups is 1. The molecule has 1 heterocycles. The molecule has 1 saturated carbocycles. The van der Waals surface area contributed by atoms with Crippen molar-refractivity contribution in [3.05, 3.63) is 29.3 Å². The molecule has 0 radical (unpaired) electrons. The Labute approximate surface area is 110 Å². The zero-order valence-corrected chi connectivity index (χ0v) is 10.6. The molecule has 0 atom stereocenters. The van der Waals surface area contributed by atoms with Gasteiger partial charge >= 0.3 is 6.03 Å². The second-order valence-corrected chi connectivity index (χ2v) is 5.25. The molecule has 1 aliphatic heterocycles. The van der Waals surface area contributed by atoms with Gasteiger partial charge in [0.1, 0.15) is 6.54 Å². The SMILES string of the molecule is O=C1CN(CC2CC2)C(=O)N1c1cccc(Cl)c1. The van der Waals surface area contributed by atoms with Crippen LogP contribution in [0, 0.1) is 5.92 Å². The molecule has 94 valence electrons. The third kappa shape index (κ3) is 2.08. The van der Waals surface area contributed by atoms with E-state index in [1.54, 1.807) is 29.2 Å². The molecule has 2 aliphatic rings. The van der Waals surface area contributed by atoms with Crippen LogP contribution >= 0.6 is 11.6 Å². The molecule has 1 aliphatic carbocycles. The molecule has 0 N–H and O–H groups in total. The maximum Gasteiger partial charge on any atom is 0.331 e. The van der Waals surface area contributed by atoms with Crippen LogP contribution in [0.3, 0.4) is 0 Å². The minimum atomic E-state index is -0.228. The lowest BCUT2D eigenvalue weighted by Gasteiger charge is -2.16. The Morgan fingerprint density at radius 2 is 2.06 bits per heavy atom. The number of carbonyl (C=O) groups excluding carboxylic acids is 2. The molecule has 0 spiro atoms. The number of rotatable bonds is 3. The minimum absolute atomic E-state index is 0.178. The van der Waals surface area contributed by atoms with Crippen molar-refractivity contribution in [3.63, 3.8) is 0 Å². The van der Waals surface area contributed by atoms with Gasteiger partial charge in [-0.05, 0) is 37.0 Å². The summed E-state index contributed by atoms with van der Waals surface area (Å²) >= 11 is 5.89. The quantitative estimate of drug-likeness (QED) is 0.787. The van der Waals surface area contributed by atoms with Crippen LogP contribution in [0.15, 0.2) is 24.3 Å². The molecule has 2 fully saturated rings. The molecule has 1 aromatic carbocycles. The van der Waals surface area contributed by atoms with E-state index in [1.165, 1.54) is 4.90 Å². The lowest BCUT2D eigenvalue weighted by molar-refractivity contribution is -0.116. The lowest BCUT2D eigenvalue weighted by Crippen LogP contribution is -2.33. The average molecular weight is 265 g/mol. The van der Waals surface area contributed by atoms with Gasteiger partial charge in [-0.2, -0.15) is 0 Å². The highest BCUT2D eigenvalue weighted by Gasteiger charge is 2.39. The Bertz CT molecular complexity index is 513. The Morgan fingerprint density at radius 3 is 2.72 bits per heavy atom. The molecule has 0 aromatic heterocycles. The maximum absolute atomic E-state index is 12.2. The highest BCUT2D eigenvalue weighted by atomic mass is 35.5. The smallest absolute Gasteiger partial charge is 0.314 e. The predicted molar refractivity (Wildman–Crippen MR) is 68.6 cm³/mol. The van der Waals surface area contributed by atoms with Crippen molar-refractivity contribution in [3.8, 4) is 0 Å². The van der Waals surface area contributed by atoms with E-state index in [1.807, 2.05) is 0 Å². The van der Waals surface area contributed by atoms with E-state index >= 15 is 0 Å². The normalized spacial score (nSPS) is 19.8. The van der Waals surface area contributed by atoms with Gasteiger partial charge in [-0.15, -0.1) is 0 Å². The first-order valence-corrected chi connectivity index (χ1v) is 6.40. The first-order valence-electron chi connectivity index (χ1n) is 6.02. The first-order chi connectivity index (χ1) is 8.65. The molecular formula is C13H13ClN2O2. The van der Waals surface area contributed by atoms with Gasteiger partial charge in [0.05, 0.1) is 5.69 Å². The van der Waals surface area contributed by atoms with Gasteiger partial charge in [-0.25, -0.2) is 9.69 Å². The topological polar surface area (TPSA) is 40.6 Å². The summed E-state index contributed by atoms with van der Waals surface area (Å²) in [6, 6.07) is 6.59. The summed E-state index contributed by atoms with van der Waals surface area (Å²) in [7, 11) is 0. The molecular weight excluding hydrogens is 252 g/mol. The standard InChI is InChI=1S/C13H13ClN2O2/c14-10-2-1-3-11(6-10)16-12(17)8-15(13(16)18)7-9-4-5-9/h1-3,6,9H,4-5,7-8H2. The fraction of sp³-hybridized carbons (Fsp3) is 0.385. The van der Waals surface area contributed by atoms with Crippen LogP contribution in [-0.4, -0.2) is 29.9 Å². The van der Waals surface area contributed by atoms with Crippen LogP contribution in [0.5, 0.6) is 0 Å². The van der Waals surface area contributed by atoms with Crippen molar-refractivity contribution in [2.75, 3.05) is 18.0 Å². The van der Waals surface area contributed by atoms with Gasteiger partial charge in [0, 0.05) is 11.6 Å². The van der Waals surface area contributed by atoms with Gasteiger partial charge in [-0.1, -0.05) is 17.7 Å². The zero-order valence-electron chi connectivity index (χ0n) is 9.80. The number of hydrogen-bond acceptors (Lipinski definition) is 2. The van der Waals surface area contributed by atoms with Crippen molar-refractivity contribution in [2.24, 2.45) is 5.92 Å². The van der Waals surface area contributed by atoms with E-state index < -0.39 is 0 Å². The number of benzene rings is 1.